The quantitative estimate of drug-likeness (QED) is 0.852. The van der Waals surface area contributed by atoms with E-state index in [9.17, 15) is 12.8 Å². The van der Waals surface area contributed by atoms with E-state index in [1.165, 1.54) is 33.3 Å². The van der Waals surface area contributed by atoms with Gasteiger partial charge in [0.15, 0.2) is 0 Å². The predicted molar refractivity (Wildman–Crippen MR) is 68.4 cm³/mol. The van der Waals surface area contributed by atoms with Crippen LogP contribution in [0.3, 0.4) is 0 Å². The number of hydrogen-bond acceptors (Lipinski definition) is 3. The van der Waals surface area contributed by atoms with Gasteiger partial charge in [0.1, 0.15) is 5.82 Å². The van der Waals surface area contributed by atoms with Gasteiger partial charge in [-0.1, -0.05) is 6.07 Å². The van der Waals surface area contributed by atoms with Crippen molar-refractivity contribution in [3.05, 3.63) is 35.1 Å². The highest BCUT2D eigenvalue weighted by Gasteiger charge is 2.20. The number of halogens is 1. The van der Waals surface area contributed by atoms with Crippen LogP contribution in [0.2, 0.25) is 0 Å². The van der Waals surface area contributed by atoms with Gasteiger partial charge in [-0.3, -0.25) is 0 Å². The lowest BCUT2D eigenvalue weighted by atomic mass is 10.1. The van der Waals surface area contributed by atoms with Gasteiger partial charge in [0.05, 0.1) is 0 Å². The van der Waals surface area contributed by atoms with Gasteiger partial charge in [0, 0.05) is 34.2 Å². The molecule has 0 bridgehead atoms. The molecule has 18 heavy (non-hydrogen) atoms. The molecule has 0 saturated heterocycles. The maximum absolute atomic E-state index is 13.3. The fraction of sp³-hybridized carbons (Fsp3) is 0.455. The van der Waals surface area contributed by atoms with E-state index in [1.807, 2.05) is 0 Å². The van der Waals surface area contributed by atoms with Crippen LogP contribution in [0.15, 0.2) is 18.2 Å². The molecule has 0 aliphatic carbocycles. The van der Waals surface area contributed by atoms with E-state index in [0.29, 0.717) is 11.1 Å². The SMILES string of the molecule is CN(C)S(=O)(=O)N(C)Cc1cc(F)cc(CN)c1. The van der Waals surface area contributed by atoms with Gasteiger partial charge >= 0.3 is 0 Å². The van der Waals surface area contributed by atoms with Crippen molar-refractivity contribution in [3.8, 4) is 0 Å². The lowest BCUT2D eigenvalue weighted by molar-refractivity contribution is 0.413. The van der Waals surface area contributed by atoms with Crippen molar-refractivity contribution in [3.63, 3.8) is 0 Å². The lowest BCUT2D eigenvalue weighted by Gasteiger charge is -2.21. The van der Waals surface area contributed by atoms with Crippen molar-refractivity contribution in [1.29, 1.82) is 0 Å². The minimum atomic E-state index is -3.49. The van der Waals surface area contributed by atoms with E-state index in [-0.39, 0.29) is 13.1 Å². The summed E-state index contributed by atoms with van der Waals surface area (Å²) in [5.41, 5.74) is 6.66. The summed E-state index contributed by atoms with van der Waals surface area (Å²) in [6.45, 7) is 0.320. The van der Waals surface area contributed by atoms with Crippen LogP contribution in [-0.2, 0) is 23.3 Å². The van der Waals surface area contributed by atoms with E-state index < -0.39 is 16.0 Å². The molecule has 2 N–H and O–H groups in total. The Bertz CT molecular complexity index is 517. The summed E-state index contributed by atoms with van der Waals surface area (Å²) in [5.74, 6) is -0.413. The van der Waals surface area contributed by atoms with Crippen LogP contribution in [0.5, 0.6) is 0 Å². The molecular weight excluding hydrogens is 257 g/mol. The Labute approximate surface area is 107 Å². The third-order valence-electron chi connectivity index (χ3n) is 2.51. The van der Waals surface area contributed by atoms with Crippen molar-refractivity contribution < 1.29 is 12.8 Å². The molecule has 0 amide bonds. The van der Waals surface area contributed by atoms with Crippen LogP contribution in [0.1, 0.15) is 11.1 Å². The molecule has 0 aliphatic heterocycles. The second-order valence-corrected chi connectivity index (χ2v) is 6.47. The smallest absolute Gasteiger partial charge is 0.281 e. The van der Waals surface area contributed by atoms with Crippen LogP contribution in [0.4, 0.5) is 4.39 Å². The molecule has 5 nitrogen and oxygen atoms in total. The zero-order valence-electron chi connectivity index (χ0n) is 10.7. The van der Waals surface area contributed by atoms with Crippen molar-refractivity contribution in [1.82, 2.24) is 8.61 Å². The van der Waals surface area contributed by atoms with Crippen LogP contribution < -0.4 is 5.73 Å². The van der Waals surface area contributed by atoms with Gasteiger partial charge in [0.2, 0.25) is 0 Å². The Kier molecular flexibility index (Phi) is 4.80. The van der Waals surface area contributed by atoms with Crippen molar-refractivity contribution in [2.24, 2.45) is 5.73 Å². The summed E-state index contributed by atoms with van der Waals surface area (Å²) in [5, 5.41) is 0. The first kappa shape index (κ1) is 15.0. The second kappa shape index (κ2) is 5.75. The second-order valence-electron chi connectivity index (χ2n) is 4.22. The van der Waals surface area contributed by atoms with Gasteiger partial charge in [-0.25, -0.2) is 4.39 Å². The van der Waals surface area contributed by atoms with Gasteiger partial charge in [-0.05, 0) is 23.3 Å². The largest absolute Gasteiger partial charge is 0.326 e. The molecule has 0 atom stereocenters. The summed E-state index contributed by atoms with van der Waals surface area (Å²) in [6, 6.07) is 4.34. The Morgan fingerprint density at radius 2 is 1.72 bits per heavy atom. The van der Waals surface area contributed by atoms with Crippen molar-refractivity contribution in [2.45, 2.75) is 13.1 Å². The van der Waals surface area contributed by atoms with Crippen LogP contribution >= 0.6 is 0 Å². The first-order valence-electron chi connectivity index (χ1n) is 5.39. The van der Waals surface area contributed by atoms with Crippen LogP contribution in [0, 0.1) is 5.82 Å². The molecule has 0 spiro atoms. The van der Waals surface area contributed by atoms with Crippen LogP contribution in [-0.4, -0.2) is 38.2 Å². The van der Waals surface area contributed by atoms with Gasteiger partial charge < -0.3 is 5.73 Å². The number of nitrogens with zero attached hydrogens (tertiary/aromatic N) is 2. The zero-order valence-corrected chi connectivity index (χ0v) is 11.5. The summed E-state index contributed by atoms with van der Waals surface area (Å²) >= 11 is 0. The van der Waals surface area contributed by atoms with E-state index in [1.54, 1.807) is 6.07 Å². The first-order chi connectivity index (χ1) is 8.27. The normalized spacial score (nSPS) is 12.4. The molecule has 0 fully saturated rings. The topological polar surface area (TPSA) is 66.6 Å². The number of hydrogen-bond donors (Lipinski definition) is 1. The summed E-state index contributed by atoms with van der Waals surface area (Å²) < 4.78 is 39.2. The van der Waals surface area contributed by atoms with Gasteiger partial charge in [-0.15, -0.1) is 0 Å². The van der Waals surface area contributed by atoms with E-state index in [4.69, 9.17) is 5.73 Å². The minimum absolute atomic E-state index is 0.102. The molecule has 7 heteroatoms. The average Bonchev–Trinajstić information content (AvgIpc) is 2.27. The highest BCUT2D eigenvalue weighted by molar-refractivity contribution is 7.86. The molecule has 0 radical (unpaired) electrons. The Morgan fingerprint density at radius 1 is 1.17 bits per heavy atom. The maximum Gasteiger partial charge on any atom is 0.281 e. The zero-order chi connectivity index (χ0) is 13.9. The van der Waals surface area contributed by atoms with E-state index in [2.05, 4.69) is 0 Å². The molecule has 1 aromatic carbocycles. The third-order valence-corrected chi connectivity index (χ3v) is 4.35. The number of rotatable bonds is 5. The highest BCUT2D eigenvalue weighted by atomic mass is 32.2. The summed E-state index contributed by atoms with van der Waals surface area (Å²) in [6.07, 6.45) is 0. The molecule has 0 aromatic heterocycles. The van der Waals surface area contributed by atoms with Gasteiger partial charge in [0.25, 0.3) is 10.2 Å². The summed E-state index contributed by atoms with van der Waals surface area (Å²) in [4.78, 5) is 0. The molecular formula is C11H18FN3O2S. The lowest BCUT2D eigenvalue weighted by Crippen LogP contribution is -2.36. The molecule has 0 saturated carbocycles. The molecule has 102 valence electrons. The van der Waals surface area contributed by atoms with E-state index in [0.717, 1.165) is 8.61 Å². The highest BCUT2D eigenvalue weighted by Crippen LogP contribution is 2.13. The maximum atomic E-state index is 13.3. The fourth-order valence-corrected chi connectivity index (χ4v) is 2.41. The fourth-order valence-electron chi connectivity index (χ4n) is 1.54. The molecule has 1 rings (SSSR count). The monoisotopic (exact) mass is 275 g/mol. The Hall–Kier alpha value is -1.02. The summed E-state index contributed by atoms with van der Waals surface area (Å²) in [7, 11) is 0.847. The average molecular weight is 275 g/mol. The minimum Gasteiger partial charge on any atom is -0.326 e. The Balaban J connectivity index is 2.95. The number of benzene rings is 1. The predicted octanol–water partition coefficient (Wildman–Crippen LogP) is 0.523. The standard InChI is InChI=1S/C11H18FN3O2S/c1-14(2)18(16,17)15(3)8-10-4-9(7-13)5-11(12)6-10/h4-6H,7-8,13H2,1-3H3. The van der Waals surface area contributed by atoms with E-state index >= 15 is 0 Å². The number of nitrogens with two attached hydrogens (primary N) is 1. The molecule has 0 heterocycles. The Morgan fingerprint density at radius 3 is 2.22 bits per heavy atom. The molecule has 1 aromatic rings. The van der Waals surface area contributed by atoms with Crippen LogP contribution in [0.25, 0.3) is 0 Å². The third kappa shape index (κ3) is 3.49. The molecule has 0 aliphatic rings. The van der Waals surface area contributed by atoms with Crippen molar-refractivity contribution in [2.75, 3.05) is 21.1 Å². The van der Waals surface area contributed by atoms with Gasteiger partial charge in [-0.2, -0.15) is 17.0 Å². The van der Waals surface area contributed by atoms with Crippen molar-refractivity contribution >= 4 is 10.2 Å². The molecule has 0 unspecified atom stereocenters. The first-order valence-corrected chi connectivity index (χ1v) is 6.79.